The van der Waals surface area contributed by atoms with Gasteiger partial charge in [-0.05, 0) is 50.0 Å². The minimum Gasteiger partial charge on any atom is -0.508 e. The zero-order valence-corrected chi connectivity index (χ0v) is 24.0. The lowest BCUT2D eigenvalue weighted by molar-refractivity contribution is -0.153. The predicted octanol–water partition coefficient (Wildman–Crippen LogP) is 1.32. The molecule has 11 heteroatoms. The van der Waals surface area contributed by atoms with Crippen molar-refractivity contribution in [3.8, 4) is 5.75 Å². The molecule has 3 aliphatic carbocycles. The van der Waals surface area contributed by atoms with Gasteiger partial charge in [-0.3, -0.25) is 19.3 Å². The number of primary amides is 1. The van der Waals surface area contributed by atoms with Gasteiger partial charge in [-0.1, -0.05) is 30.3 Å². The van der Waals surface area contributed by atoms with Crippen LogP contribution in [0, 0.1) is 11.8 Å². The van der Waals surface area contributed by atoms with E-state index < -0.39 is 58.0 Å². The zero-order valence-electron chi connectivity index (χ0n) is 24.0. The highest BCUT2D eigenvalue weighted by atomic mass is 16.3. The van der Waals surface area contributed by atoms with E-state index in [-0.39, 0.29) is 36.3 Å². The van der Waals surface area contributed by atoms with Gasteiger partial charge in [0.15, 0.2) is 11.4 Å². The number of hydrogen-bond donors (Lipinski definition) is 6. The standard InChI is InChI=1S/C31H36N4O7/c1-34(2)20-12-17(14-33-13-15-8-6-5-7-9-15)25(36)22-18(20)10-16-11-19-24(35(3)4)27(38)23(30(32)41)29(40)31(19,42)28(39)21(16)26(22)37/h5-9,12,16,19,24,33,36-37,40,42H,10-11,13-14H2,1-4H3,(H2,32,41)/t16-,19-,24-,31-/m1/s1. The number of nitrogens with two attached hydrogens (primary N) is 1. The second-order valence-corrected chi connectivity index (χ2v) is 11.7. The maximum atomic E-state index is 14.1. The number of rotatable bonds is 7. The molecule has 0 spiro atoms. The van der Waals surface area contributed by atoms with Crippen molar-refractivity contribution in [1.29, 1.82) is 0 Å². The number of aliphatic hydroxyl groups is 3. The first-order valence-corrected chi connectivity index (χ1v) is 13.7. The fourth-order valence-electron chi connectivity index (χ4n) is 6.82. The molecule has 7 N–H and O–H groups in total. The van der Waals surface area contributed by atoms with Gasteiger partial charge in [0.05, 0.1) is 11.6 Å². The minimum atomic E-state index is -2.67. The molecule has 1 amide bonds. The first kappa shape index (κ1) is 29.3. The molecule has 0 heterocycles. The summed E-state index contributed by atoms with van der Waals surface area (Å²) in [5.41, 5.74) is 4.71. The van der Waals surface area contributed by atoms with Crippen LogP contribution in [0.5, 0.6) is 5.75 Å². The van der Waals surface area contributed by atoms with Crippen LogP contribution in [-0.4, -0.2) is 82.6 Å². The minimum absolute atomic E-state index is 0.0414. The van der Waals surface area contributed by atoms with Crippen LogP contribution in [0.25, 0.3) is 5.76 Å². The number of phenols is 1. The fraction of sp³-hybridized carbons (Fsp3) is 0.387. The molecule has 3 aliphatic rings. The average Bonchev–Trinajstić information content (AvgIpc) is 2.92. The van der Waals surface area contributed by atoms with Crippen molar-refractivity contribution in [3.63, 3.8) is 0 Å². The molecule has 0 radical (unpaired) electrons. The first-order chi connectivity index (χ1) is 19.8. The van der Waals surface area contributed by atoms with Crippen molar-refractivity contribution < 1.29 is 34.8 Å². The van der Waals surface area contributed by atoms with E-state index in [2.05, 4.69) is 5.32 Å². The monoisotopic (exact) mass is 576 g/mol. The van der Waals surface area contributed by atoms with E-state index in [0.29, 0.717) is 17.7 Å². The topological polar surface area (TPSA) is 177 Å². The maximum Gasteiger partial charge on any atom is 0.255 e. The number of benzene rings is 2. The number of likely N-dealkylation sites (N-methyl/N-ethyl adjacent to an activating group) is 1. The van der Waals surface area contributed by atoms with Crippen LogP contribution in [0.15, 0.2) is 53.3 Å². The van der Waals surface area contributed by atoms with E-state index in [1.54, 1.807) is 14.1 Å². The average molecular weight is 577 g/mol. The van der Waals surface area contributed by atoms with Crippen LogP contribution >= 0.6 is 0 Å². The molecule has 0 saturated heterocycles. The summed E-state index contributed by atoms with van der Waals surface area (Å²) in [6.45, 7) is 0.801. The number of amides is 1. The Morgan fingerprint density at radius 3 is 2.33 bits per heavy atom. The Morgan fingerprint density at radius 2 is 1.74 bits per heavy atom. The van der Waals surface area contributed by atoms with Gasteiger partial charge in [0, 0.05) is 49.9 Å². The molecule has 5 rings (SSSR count). The molecular weight excluding hydrogens is 540 g/mol. The summed E-state index contributed by atoms with van der Waals surface area (Å²) in [5, 5.41) is 49.1. The summed E-state index contributed by atoms with van der Waals surface area (Å²) in [5.74, 6) is -6.63. The van der Waals surface area contributed by atoms with Crippen LogP contribution < -0.4 is 16.0 Å². The highest BCUT2D eigenvalue weighted by Gasteiger charge is 2.64. The number of fused-ring (bicyclic) bond motifs is 3. The van der Waals surface area contributed by atoms with Crippen molar-refractivity contribution >= 4 is 28.9 Å². The van der Waals surface area contributed by atoms with Crippen LogP contribution in [0.2, 0.25) is 0 Å². The number of carbonyl (C=O) groups is 3. The van der Waals surface area contributed by atoms with Crippen LogP contribution in [0.1, 0.15) is 28.7 Å². The zero-order chi connectivity index (χ0) is 30.7. The highest BCUT2D eigenvalue weighted by Crippen LogP contribution is 2.54. The second-order valence-electron chi connectivity index (χ2n) is 11.7. The number of nitrogens with one attached hydrogen (secondary N) is 1. The van der Waals surface area contributed by atoms with E-state index in [0.717, 1.165) is 11.3 Å². The van der Waals surface area contributed by atoms with E-state index >= 15 is 0 Å². The van der Waals surface area contributed by atoms with E-state index in [4.69, 9.17) is 5.73 Å². The molecule has 1 saturated carbocycles. The molecule has 0 unspecified atom stereocenters. The van der Waals surface area contributed by atoms with Crippen LogP contribution in [0.3, 0.4) is 0 Å². The number of aromatic hydroxyl groups is 1. The Morgan fingerprint density at radius 1 is 1.07 bits per heavy atom. The maximum absolute atomic E-state index is 14.1. The van der Waals surface area contributed by atoms with Crippen LogP contribution in [-0.2, 0) is 33.9 Å². The number of hydrogen-bond acceptors (Lipinski definition) is 10. The van der Waals surface area contributed by atoms with Gasteiger partial charge < -0.3 is 36.4 Å². The van der Waals surface area contributed by atoms with Crippen LogP contribution in [0.4, 0.5) is 5.69 Å². The van der Waals surface area contributed by atoms with Crippen molar-refractivity contribution in [2.24, 2.45) is 17.6 Å². The van der Waals surface area contributed by atoms with E-state index in [1.807, 2.05) is 55.4 Å². The lowest BCUT2D eigenvalue weighted by Gasteiger charge is -2.50. The molecule has 0 bridgehead atoms. The molecule has 222 valence electrons. The number of phenolic OH excluding ortho intramolecular Hbond substituents is 1. The summed E-state index contributed by atoms with van der Waals surface area (Å²) >= 11 is 0. The number of aliphatic hydroxyl groups excluding tert-OH is 2. The van der Waals surface area contributed by atoms with Gasteiger partial charge in [-0.2, -0.15) is 0 Å². The number of Topliss-reactive ketones (excluding diaryl/α,β-unsaturated/α-hetero) is 2. The molecule has 4 atom stereocenters. The summed E-state index contributed by atoms with van der Waals surface area (Å²) in [4.78, 5) is 42.9. The smallest absolute Gasteiger partial charge is 0.255 e. The fourth-order valence-corrected chi connectivity index (χ4v) is 6.82. The molecular formula is C31H36N4O7. The quantitative estimate of drug-likeness (QED) is 0.264. The summed E-state index contributed by atoms with van der Waals surface area (Å²) in [6, 6.07) is 10.4. The molecule has 1 fully saturated rings. The third-order valence-corrected chi connectivity index (χ3v) is 8.75. The molecule has 42 heavy (non-hydrogen) atoms. The molecule has 2 aromatic rings. The molecule has 0 aromatic heterocycles. The summed E-state index contributed by atoms with van der Waals surface area (Å²) in [7, 11) is 6.82. The number of nitrogens with zero attached hydrogens (tertiary/aromatic N) is 2. The Labute approximate surface area is 243 Å². The second kappa shape index (κ2) is 10.6. The Kier molecular flexibility index (Phi) is 7.38. The lowest BCUT2D eigenvalue weighted by Crippen LogP contribution is -2.65. The Balaban J connectivity index is 1.63. The Hall–Kier alpha value is -4.19. The van der Waals surface area contributed by atoms with Gasteiger partial charge in [-0.25, -0.2) is 0 Å². The number of anilines is 1. The van der Waals surface area contributed by atoms with Gasteiger partial charge >= 0.3 is 0 Å². The van der Waals surface area contributed by atoms with Crippen molar-refractivity contribution in [2.45, 2.75) is 37.6 Å². The molecule has 0 aliphatic heterocycles. The van der Waals surface area contributed by atoms with Crippen molar-refractivity contribution in [1.82, 2.24) is 10.2 Å². The van der Waals surface area contributed by atoms with Crippen molar-refractivity contribution in [2.75, 3.05) is 33.1 Å². The van der Waals surface area contributed by atoms with Gasteiger partial charge in [0.1, 0.15) is 22.8 Å². The van der Waals surface area contributed by atoms with E-state index in [9.17, 15) is 34.8 Å². The Bertz CT molecular complexity index is 1550. The first-order valence-electron chi connectivity index (χ1n) is 13.7. The third-order valence-electron chi connectivity index (χ3n) is 8.75. The molecule has 11 nitrogen and oxygen atoms in total. The number of carbonyl (C=O) groups excluding carboxylic acids is 3. The normalized spacial score (nSPS) is 25.3. The van der Waals surface area contributed by atoms with Gasteiger partial charge in [-0.15, -0.1) is 0 Å². The molecule has 2 aromatic carbocycles. The highest BCUT2D eigenvalue weighted by molar-refractivity contribution is 6.24. The summed E-state index contributed by atoms with van der Waals surface area (Å²) in [6.07, 6.45) is 0.271. The number of ketones is 2. The van der Waals surface area contributed by atoms with E-state index in [1.165, 1.54) is 4.90 Å². The van der Waals surface area contributed by atoms with Gasteiger partial charge in [0.2, 0.25) is 5.78 Å². The van der Waals surface area contributed by atoms with Crippen molar-refractivity contribution in [3.05, 3.63) is 75.6 Å². The lowest BCUT2D eigenvalue weighted by atomic mass is 9.57. The third kappa shape index (κ3) is 4.36. The van der Waals surface area contributed by atoms with Gasteiger partial charge in [0.25, 0.3) is 5.91 Å². The summed E-state index contributed by atoms with van der Waals surface area (Å²) < 4.78 is 0. The predicted molar refractivity (Wildman–Crippen MR) is 156 cm³/mol. The largest absolute Gasteiger partial charge is 0.508 e. The SMILES string of the molecule is CN(C)c1cc(CNCc2ccccc2)c(O)c2c1C[C@@H]1C[C@@H]3[C@@H](N(C)C)C(=O)C(C(N)=O)=C(O)[C@]3(O)C(=O)C1=C2O.